The quantitative estimate of drug-likeness (QED) is 0.682. The number of likely N-dealkylation sites (tertiary alicyclic amines) is 1. The Kier molecular flexibility index (Phi) is 2.28. The van der Waals surface area contributed by atoms with E-state index in [4.69, 9.17) is 0 Å². The summed E-state index contributed by atoms with van der Waals surface area (Å²) in [6.45, 7) is 3.44. The van der Waals surface area contributed by atoms with Gasteiger partial charge in [0, 0.05) is 24.9 Å². The molecule has 0 radical (unpaired) electrons. The summed E-state index contributed by atoms with van der Waals surface area (Å²) in [5, 5.41) is 9.37. The molecule has 3 nitrogen and oxygen atoms in total. The van der Waals surface area contributed by atoms with Crippen LogP contribution in [0.4, 0.5) is 0 Å². The molecule has 1 heterocycles. The fourth-order valence-electron chi connectivity index (χ4n) is 1.97. The molecule has 2 fully saturated rings. The van der Waals surface area contributed by atoms with Crippen LogP contribution < -0.4 is 0 Å². The summed E-state index contributed by atoms with van der Waals surface area (Å²) in [6.07, 6.45) is 2.86. The van der Waals surface area contributed by atoms with Crippen molar-refractivity contribution in [2.75, 3.05) is 13.1 Å². The smallest absolute Gasteiger partial charge is 0.225 e. The lowest BCUT2D eigenvalue weighted by atomic mass is 10.0. The Morgan fingerprint density at radius 3 is 2.62 bits per heavy atom. The van der Waals surface area contributed by atoms with Crippen LogP contribution >= 0.6 is 0 Å². The predicted molar refractivity (Wildman–Crippen MR) is 49.1 cm³/mol. The maximum absolute atomic E-state index is 11.6. The minimum absolute atomic E-state index is 0.267. The summed E-state index contributed by atoms with van der Waals surface area (Å²) in [5.41, 5.74) is 0. The van der Waals surface area contributed by atoms with E-state index in [1.165, 1.54) is 0 Å². The van der Waals surface area contributed by atoms with E-state index in [1.54, 1.807) is 0 Å². The topological polar surface area (TPSA) is 40.5 Å². The average Bonchev–Trinajstić information content (AvgIpc) is 2.81. The molecule has 1 aliphatic carbocycles. The number of rotatable bonds is 2. The van der Waals surface area contributed by atoms with Crippen molar-refractivity contribution in [3.63, 3.8) is 0 Å². The van der Waals surface area contributed by atoms with E-state index >= 15 is 0 Å². The zero-order valence-corrected chi connectivity index (χ0v) is 8.07. The van der Waals surface area contributed by atoms with Gasteiger partial charge in [-0.25, -0.2) is 0 Å². The van der Waals surface area contributed by atoms with Crippen LogP contribution in [0.15, 0.2) is 0 Å². The zero-order chi connectivity index (χ0) is 9.42. The highest BCUT2D eigenvalue weighted by atomic mass is 16.3. The van der Waals surface area contributed by atoms with Crippen molar-refractivity contribution in [2.24, 2.45) is 11.8 Å². The third kappa shape index (κ3) is 1.85. The van der Waals surface area contributed by atoms with E-state index in [2.05, 4.69) is 0 Å². The molecule has 2 rings (SSSR count). The Balaban J connectivity index is 1.86. The fourth-order valence-corrected chi connectivity index (χ4v) is 1.97. The monoisotopic (exact) mass is 183 g/mol. The Hall–Kier alpha value is -0.570. The second-order valence-corrected chi connectivity index (χ2v) is 4.35. The van der Waals surface area contributed by atoms with Crippen LogP contribution in [0.3, 0.4) is 0 Å². The molecular weight excluding hydrogens is 166 g/mol. The SMILES string of the molecule is CC(O)C1CCN(C(=O)C2CC2)C1. The average molecular weight is 183 g/mol. The van der Waals surface area contributed by atoms with Crippen LogP contribution in [0.1, 0.15) is 26.2 Å². The van der Waals surface area contributed by atoms with Crippen LogP contribution in [0.2, 0.25) is 0 Å². The van der Waals surface area contributed by atoms with Gasteiger partial charge in [0.1, 0.15) is 0 Å². The van der Waals surface area contributed by atoms with Gasteiger partial charge in [0.25, 0.3) is 0 Å². The molecule has 0 bridgehead atoms. The van der Waals surface area contributed by atoms with Crippen LogP contribution in [0, 0.1) is 11.8 Å². The van der Waals surface area contributed by atoms with Gasteiger partial charge >= 0.3 is 0 Å². The van der Waals surface area contributed by atoms with Gasteiger partial charge in [0.2, 0.25) is 5.91 Å². The van der Waals surface area contributed by atoms with E-state index in [-0.39, 0.29) is 6.10 Å². The minimum Gasteiger partial charge on any atom is -0.393 e. The van der Waals surface area contributed by atoms with Crippen LogP contribution in [0.5, 0.6) is 0 Å². The molecule has 1 N–H and O–H groups in total. The Bertz CT molecular complexity index is 211. The molecule has 1 aliphatic heterocycles. The zero-order valence-electron chi connectivity index (χ0n) is 8.07. The Labute approximate surface area is 78.7 Å². The van der Waals surface area contributed by atoms with E-state index in [0.717, 1.165) is 32.4 Å². The first-order valence-corrected chi connectivity index (χ1v) is 5.15. The molecule has 13 heavy (non-hydrogen) atoms. The van der Waals surface area contributed by atoms with E-state index in [0.29, 0.717) is 17.7 Å². The lowest BCUT2D eigenvalue weighted by Crippen LogP contribution is -2.31. The molecule has 2 aliphatic rings. The van der Waals surface area contributed by atoms with Gasteiger partial charge in [-0.05, 0) is 26.2 Å². The molecular formula is C10H17NO2. The van der Waals surface area contributed by atoms with Gasteiger partial charge in [-0.15, -0.1) is 0 Å². The standard InChI is InChI=1S/C10H17NO2/c1-7(12)9-4-5-11(6-9)10(13)8-2-3-8/h7-9,12H,2-6H2,1H3. The first-order valence-electron chi connectivity index (χ1n) is 5.15. The second-order valence-electron chi connectivity index (χ2n) is 4.35. The predicted octanol–water partition coefficient (Wildman–Crippen LogP) is 0.626. The molecule has 2 unspecified atom stereocenters. The number of aliphatic hydroxyl groups excluding tert-OH is 1. The number of amides is 1. The maximum atomic E-state index is 11.6. The van der Waals surface area contributed by atoms with E-state index in [9.17, 15) is 9.90 Å². The molecule has 3 heteroatoms. The van der Waals surface area contributed by atoms with Crippen molar-refractivity contribution in [3.05, 3.63) is 0 Å². The molecule has 0 aromatic heterocycles. The Morgan fingerprint density at radius 2 is 2.15 bits per heavy atom. The maximum Gasteiger partial charge on any atom is 0.225 e. The highest BCUT2D eigenvalue weighted by molar-refractivity contribution is 5.81. The number of hydrogen-bond donors (Lipinski definition) is 1. The van der Waals surface area contributed by atoms with Crippen molar-refractivity contribution in [1.82, 2.24) is 4.90 Å². The summed E-state index contributed by atoms with van der Waals surface area (Å²) in [4.78, 5) is 13.5. The van der Waals surface area contributed by atoms with Crippen LogP contribution in [-0.4, -0.2) is 35.1 Å². The summed E-state index contributed by atoms with van der Waals surface area (Å²) < 4.78 is 0. The van der Waals surface area contributed by atoms with Crippen molar-refractivity contribution < 1.29 is 9.90 Å². The molecule has 74 valence electrons. The first kappa shape index (κ1) is 9.00. The van der Waals surface area contributed by atoms with Gasteiger partial charge in [0.05, 0.1) is 6.10 Å². The number of carbonyl (C=O) groups excluding carboxylic acids is 1. The number of carbonyl (C=O) groups is 1. The van der Waals surface area contributed by atoms with Gasteiger partial charge in [-0.1, -0.05) is 0 Å². The van der Waals surface area contributed by atoms with Crippen molar-refractivity contribution in [2.45, 2.75) is 32.3 Å². The molecule has 2 atom stereocenters. The van der Waals surface area contributed by atoms with Crippen LogP contribution in [0.25, 0.3) is 0 Å². The lowest BCUT2D eigenvalue weighted by molar-refractivity contribution is -0.131. The molecule has 0 spiro atoms. The molecule has 0 aromatic rings. The third-order valence-corrected chi connectivity index (χ3v) is 3.15. The summed E-state index contributed by atoms with van der Waals surface area (Å²) in [6, 6.07) is 0. The van der Waals surface area contributed by atoms with E-state index in [1.807, 2.05) is 11.8 Å². The molecule has 1 amide bonds. The summed E-state index contributed by atoms with van der Waals surface area (Å²) >= 11 is 0. The minimum atomic E-state index is -0.267. The van der Waals surface area contributed by atoms with Gasteiger partial charge in [-0.3, -0.25) is 4.79 Å². The highest BCUT2D eigenvalue weighted by Gasteiger charge is 2.37. The molecule has 1 saturated carbocycles. The van der Waals surface area contributed by atoms with Gasteiger partial charge in [0.15, 0.2) is 0 Å². The van der Waals surface area contributed by atoms with Crippen molar-refractivity contribution in [1.29, 1.82) is 0 Å². The highest BCUT2D eigenvalue weighted by Crippen LogP contribution is 2.33. The molecule has 1 saturated heterocycles. The first-order chi connectivity index (χ1) is 6.18. The van der Waals surface area contributed by atoms with Gasteiger partial charge < -0.3 is 10.0 Å². The van der Waals surface area contributed by atoms with Crippen LogP contribution in [-0.2, 0) is 4.79 Å². The fraction of sp³-hybridized carbons (Fsp3) is 0.900. The lowest BCUT2D eigenvalue weighted by Gasteiger charge is -2.17. The molecule has 0 aromatic carbocycles. The van der Waals surface area contributed by atoms with Crippen molar-refractivity contribution in [3.8, 4) is 0 Å². The number of nitrogens with zero attached hydrogens (tertiary/aromatic N) is 1. The Morgan fingerprint density at radius 1 is 1.46 bits per heavy atom. The largest absolute Gasteiger partial charge is 0.393 e. The number of hydrogen-bond acceptors (Lipinski definition) is 2. The summed E-state index contributed by atoms with van der Waals surface area (Å²) in [7, 11) is 0. The third-order valence-electron chi connectivity index (χ3n) is 3.15. The number of aliphatic hydroxyl groups is 1. The van der Waals surface area contributed by atoms with E-state index < -0.39 is 0 Å². The van der Waals surface area contributed by atoms with Gasteiger partial charge in [-0.2, -0.15) is 0 Å². The normalized spacial score (nSPS) is 30.6. The van der Waals surface area contributed by atoms with Crippen molar-refractivity contribution >= 4 is 5.91 Å². The second kappa shape index (κ2) is 3.29. The summed E-state index contributed by atoms with van der Waals surface area (Å²) in [5.74, 6) is 0.957.